The van der Waals surface area contributed by atoms with Crippen LogP contribution in [0, 0.1) is 0 Å². The maximum atomic E-state index is 12.9. The van der Waals surface area contributed by atoms with Gasteiger partial charge in [-0.2, -0.15) is 0 Å². The Morgan fingerprint density at radius 2 is 1.51 bits per heavy atom. The first kappa shape index (κ1) is 26.2. The minimum atomic E-state index is -1.04. The van der Waals surface area contributed by atoms with Crippen molar-refractivity contribution in [2.45, 2.75) is 65.2 Å². The lowest BCUT2D eigenvalue weighted by Gasteiger charge is -2.27. The molecule has 1 amide bonds. The van der Waals surface area contributed by atoms with Crippen molar-refractivity contribution in [2.75, 3.05) is 10.5 Å². The molecular weight excluding hydrogens is 469 g/mol. The third-order valence-corrected chi connectivity index (χ3v) is 5.75. The molecule has 4 rings (SSSR count). The van der Waals surface area contributed by atoms with Crippen LogP contribution < -0.4 is 21.2 Å². The van der Waals surface area contributed by atoms with E-state index in [2.05, 4.69) is 27.9 Å². The first-order valence-corrected chi connectivity index (χ1v) is 12.4. The zero-order valence-corrected chi connectivity index (χ0v) is 22.1. The Morgan fingerprint density at radius 1 is 0.919 bits per heavy atom. The number of benzene rings is 3. The first-order chi connectivity index (χ1) is 17.3. The molecule has 194 valence electrons. The number of alkyl carbamates (subject to hydrolysis) is 1. The summed E-state index contributed by atoms with van der Waals surface area (Å²) in [6.45, 7) is 10.2. The van der Waals surface area contributed by atoms with Crippen LogP contribution in [-0.2, 0) is 20.7 Å². The van der Waals surface area contributed by atoms with E-state index < -0.39 is 29.3 Å². The number of esters is 1. The Morgan fingerprint density at radius 3 is 2.05 bits per heavy atom. The Hall–Kier alpha value is -3.88. The van der Waals surface area contributed by atoms with Crippen molar-refractivity contribution in [2.24, 2.45) is 0 Å². The summed E-state index contributed by atoms with van der Waals surface area (Å²) in [5.74, 6) is -0.597. The van der Waals surface area contributed by atoms with Crippen LogP contribution in [-0.4, -0.2) is 41.4 Å². The van der Waals surface area contributed by atoms with E-state index in [9.17, 15) is 14.7 Å². The van der Waals surface area contributed by atoms with Crippen LogP contribution in [0.3, 0.4) is 0 Å². The topological polar surface area (TPSA) is 109 Å². The molecule has 1 aliphatic rings. The van der Waals surface area contributed by atoms with E-state index in [1.807, 2.05) is 30.3 Å². The van der Waals surface area contributed by atoms with Crippen LogP contribution in [0.2, 0.25) is 0 Å². The van der Waals surface area contributed by atoms with Gasteiger partial charge in [0.05, 0.1) is 0 Å². The highest BCUT2D eigenvalue weighted by Gasteiger charge is 2.31. The number of anilines is 2. The van der Waals surface area contributed by atoms with E-state index in [-0.39, 0.29) is 19.2 Å². The summed E-state index contributed by atoms with van der Waals surface area (Å²) >= 11 is 0. The minimum Gasteiger partial charge on any atom is -0.508 e. The number of amides is 1. The molecule has 3 aromatic rings. The van der Waals surface area contributed by atoms with Gasteiger partial charge in [-0.05, 0) is 76.2 Å². The van der Waals surface area contributed by atoms with E-state index in [1.165, 1.54) is 0 Å². The zero-order valence-electron chi connectivity index (χ0n) is 22.1. The highest BCUT2D eigenvalue weighted by atomic mass is 16.6. The number of phenols is 1. The fraction of sp³-hybridized carbons (Fsp3) is 0.357. The van der Waals surface area contributed by atoms with Crippen LogP contribution in [0.5, 0.6) is 5.75 Å². The van der Waals surface area contributed by atoms with Gasteiger partial charge in [-0.25, -0.2) is 9.59 Å². The Balaban J connectivity index is 1.54. The number of carbonyl (C=O) groups excluding carboxylic acids is 2. The summed E-state index contributed by atoms with van der Waals surface area (Å²) in [6, 6.07) is 16.5. The maximum absolute atomic E-state index is 12.9. The normalized spacial score (nSPS) is 13.8. The van der Waals surface area contributed by atoms with Crippen molar-refractivity contribution in [3.8, 4) is 5.75 Å². The number of rotatable bonds is 5. The van der Waals surface area contributed by atoms with E-state index in [4.69, 9.17) is 9.47 Å². The Bertz CT molecular complexity index is 1290. The molecule has 0 aromatic heterocycles. The molecule has 0 fully saturated rings. The third kappa shape index (κ3) is 6.47. The molecule has 0 saturated heterocycles. The molecule has 0 bridgehead atoms. The molecule has 0 saturated carbocycles. The average molecular weight is 503 g/mol. The van der Waals surface area contributed by atoms with E-state index in [0.717, 1.165) is 27.6 Å². The summed E-state index contributed by atoms with van der Waals surface area (Å²) in [7, 11) is 0. The second kappa shape index (κ2) is 9.88. The van der Waals surface area contributed by atoms with Gasteiger partial charge in [0.1, 0.15) is 23.0 Å². The molecule has 4 N–H and O–H groups in total. The van der Waals surface area contributed by atoms with Gasteiger partial charge in [0.25, 0.3) is 0 Å². The number of aromatic hydroxyl groups is 1. The maximum Gasteiger partial charge on any atom is 0.408 e. The molecule has 1 atom stereocenters. The highest BCUT2D eigenvalue weighted by Crippen LogP contribution is 2.34. The van der Waals surface area contributed by atoms with Crippen LogP contribution in [0.1, 0.15) is 47.1 Å². The molecule has 37 heavy (non-hydrogen) atoms. The summed E-state index contributed by atoms with van der Waals surface area (Å²) in [4.78, 5) is 25.3. The van der Waals surface area contributed by atoms with Gasteiger partial charge in [-0.3, -0.25) is 0 Å². The third-order valence-electron chi connectivity index (χ3n) is 5.75. The van der Waals surface area contributed by atoms with Crippen molar-refractivity contribution in [3.05, 3.63) is 60.2 Å². The molecule has 9 heteroatoms. The second-order valence-electron chi connectivity index (χ2n) is 11.3. The molecule has 0 radical (unpaired) electrons. The second-order valence-corrected chi connectivity index (χ2v) is 11.3. The van der Waals surface area contributed by atoms with Crippen LogP contribution >= 0.6 is 0 Å². The largest absolute Gasteiger partial charge is 0.508 e. The van der Waals surface area contributed by atoms with Crippen LogP contribution in [0.15, 0.2) is 54.6 Å². The van der Waals surface area contributed by atoms with Gasteiger partial charge in [0, 0.05) is 23.2 Å². The molecule has 0 aliphatic carbocycles. The molecule has 1 heterocycles. The fourth-order valence-corrected chi connectivity index (χ4v) is 4.26. The quantitative estimate of drug-likeness (QED) is 0.299. The Labute approximate surface area is 217 Å². The van der Waals surface area contributed by atoms with Crippen molar-refractivity contribution in [3.63, 3.8) is 0 Å². The lowest BCUT2D eigenvalue weighted by molar-refractivity contribution is -0.157. The predicted molar refractivity (Wildman–Crippen MR) is 147 cm³/mol. The average Bonchev–Trinajstić information content (AvgIpc) is 2.77. The molecule has 3 aromatic carbocycles. The summed E-state index contributed by atoms with van der Waals surface area (Å²) < 4.78 is 10.8. The summed E-state index contributed by atoms with van der Waals surface area (Å²) in [6.07, 6.45) is -0.698. The number of hydrogen-bond acceptors (Lipinski definition) is 7. The smallest absolute Gasteiger partial charge is 0.408 e. The summed E-state index contributed by atoms with van der Waals surface area (Å²) in [5, 5.41) is 22.7. The number of hydrogen-bond donors (Lipinski definition) is 4. The fourth-order valence-electron chi connectivity index (χ4n) is 4.26. The van der Waals surface area contributed by atoms with Gasteiger partial charge in [-0.1, -0.05) is 36.4 Å². The number of ether oxygens (including phenoxy) is 2. The monoisotopic (exact) mass is 503 g/mol. The molecular formula is C28H34BN3O5. The lowest BCUT2D eigenvalue weighted by atomic mass is 9.65. The summed E-state index contributed by atoms with van der Waals surface area (Å²) in [5.41, 5.74) is 1.86. The van der Waals surface area contributed by atoms with Crippen molar-refractivity contribution in [1.29, 1.82) is 0 Å². The van der Waals surface area contributed by atoms with Gasteiger partial charge >= 0.3 is 19.0 Å². The van der Waals surface area contributed by atoms with E-state index in [0.29, 0.717) is 5.56 Å². The van der Waals surface area contributed by atoms with E-state index in [1.54, 1.807) is 53.7 Å². The molecule has 8 nitrogen and oxygen atoms in total. The molecule has 1 unspecified atom stereocenters. The first-order valence-electron chi connectivity index (χ1n) is 12.4. The molecule has 1 aliphatic heterocycles. The van der Waals surface area contributed by atoms with Crippen LogP contribution in [0.25, 0.3) is 10.8 Å². The van der Waals surface area contributed by atoms with Crippen molar-refractivity contribution in [1.82, 2.24) is 5.32 Å². The SMILES string of the molecule is CC(C)(C)OC(=O)NC(Cc1ccc(B2Nc3cccc4cccc(c34)N2)cc1O)C(=O)OC(C)(C)C. The number of carbonyl (C=O) groups is 2. The van der Waals surface area contributed by atoms with Gasteiger partial charge < -0.3 is 30.4 Å². The lowest BCUT2D eigenvalue weighted by Crippen LogP contribution is -2.48. The van der Waals surface area contributed by atoms with Crippen molar-refractivity contribution >= 4 is 46.7 Å². The molecule has 0 spiro atoms. The number of phenolic OH excluding ortho intramolecular Hbond substituents is 1. The van der Waals surface area contributed by atoms with Gasteiger partial charge in [-0.15, -0.1) is 0 Å². The van der Waals surface area contributed by atoms with Crippen molar-refractivity contribution < 1.29 is 24.2 Å². The van der Waals surface area contributed by atoms with Crippen LogP contribution in [0.4, 0.5) is 16.2 Å². The van der Waals surface area contributed by atoms with Gasteiger partial charge in [0.2, 0.25) is 0 Å². The number of nitrogens with one attached hydrogen (secondary N) is 3. The standard InChI is InChI=1S/C28H34BN3O5/c1-27(2,3)36-25(34)22(30-26(35)37-28(4,5)6)15-18-13-14-19(16-23(18)33)29-31-20-11-7-9-17-10-8-12-21(32-29)24(17)20/h7-14,16,22,31-33H,15H2,1-6H3,(H,30,35). The van der Waals surface area contributed by atoms with E-state index >= 15 is 0 Å². The zero-order chi connectivity index (χ0) is 27.0. The Kier molecular flexibility index (Phi) is 6.99. The highest BCUT2D eigenvalue weighted by molar-refractivity contribution is 6.80. The minimum absolute atomic E-state index is 0.0118. The predicted octanol–water partition coefficient (Wildman–Crippen LogP) is 4.56. The van der Waals surface area contributed by atoms with Gasteiger partial charge in [0.15, 0.2) is 0 Å².